The van der Waals surface area contributed by atoms with Gasteiger partial charge in [-0.05, 0) is 41.1 Å². The fraction of sp³-hybridized carbons (Fsp3) is 0.333. The molecule has 1 unspecified atom stereocenters. The molecule has 2 aromatic rings. The summed E-state index contributed by atoms with van der Waals surface area (Å²) in [5, 5.41) is 13.4. The Bertz CT molecular complexity index is 941. The molecule has 11 heteroatoms. The summed E-state index contributed by atoms with van der Waals surface area (Å²) in [5.41, 5.74) is -1.11. The molecular formula is C15H7Cl4F3IN3. The second-order valence-corrected chi connectivity index (χ2v) is 9.36. The summed E-state index contributed by atoms with van der Waals surface area (Å²) in [6.45, 7) is 1.76. The number of nitriles is 1. The zero-order valence-corrected chi connectivity index (χ0v) is 17.9. The summed E-state index contributed by atoms with van der Waals surface area (Å²) < 4.78 is 39.3. The molecule has 0 amide bonds. The molecule has 0 spiro atoms. The Labute approximate surface area is 180 Å². The molecule has 1 aliphatic rings. The van der Waals surface area contributed by atoms with Crippen LogP contribution < -0.4 is 0 Å². The van der Waals surface area contributed by atoms with E-state index in [9.17, 15) is 18.4 Å². The SMILES string of the molecule is CC1(c2nn(-c3c(Cl)cc(C(F)(F)F)cc3Cl)c(I)c2C#N)CC1(Cl)Cl. The van der Waals surface area contributed by atoms with E-state index in [4.69, 9.17) is 46.4 Å². The van der Waals surface area contributed by atoms with Crippen molar-refractivity contribution in [3.63, 3.8) is 0 Å². The topological polar surface area (TPSA) is 41.6 Å². The number of rotatable bonds is 2. The highest BCUT2D eigenvalue weighted by atomic mass is 127. The van der Waals surface area contributed by atoms with Crippen molar-refractivity contribution in [1.82, 2.24) is 9.78 Å². The second kappa shape index (κ2) is 6.31. The highest BCUT2D eigenvalue weighted by Gasteiger charge is 2.66. The van der Waals surface area contributed by atoms with Crippen molar-refractivity contribution in [3.05, 3.63) is 42.7 Å². The number of nitrogens with zero attached hydrogens (tertiary/aromatic N) is 3. The molecule has 1 aliphatic carbocycles. The maximum atomic E-state index is 12.9. The quantitative estimate of drug-likeness (QED) is 0.314. The van der Waals surface area contributed by atoms with Gasteiger partial charge in [-0.25, -0.2) is 4.68 Å². The summed E-state index contributed by atoms with van der Waals surface area (Å²) in [4.78, 5) is 0. The highest BCUT2D eigenvalue weighted by Crippen LogP contribution is 2.65. The first kappa shape index (κ1) is 20.3. The Kier molecular flexibility index (Phi) is 4.94. The lowest BCUT2D eigenvalue weighted by atomic mass is 10.0. The molecule has 1 heterocycles. The molecule has 1 fully saturated rings. The minimum absolute atomic E-state index is 0.0486. The van der Waals surface area contributed by atoms with E-state index in [1.165, 1.54) is 4.68 Å². The molecule has 0 saturated heterocycles. The lowest BCUT2D eigenvalue weighted by Crippen LogP contribution is -2.13. The minimum Gasteiger partial charge on any atom is -0.223 e. The molecule has 1 aromatic heterocycles. The van der Waals surface area contributed by atoms with Gasteiger partial charge in [0, 0.05) is 5.41 Å². The third-order valence-corrected chi connectivity index (χ3v) is 6.95. The fourth-order valence-electron chi connectivity index (χ4n) is 2.62. The molecule has 1 saturated carbocycles. The zero-order chi connectivity index (χ0) is 19.7. The monoisotopic (exact) mass is 553 g/mol. The van der Waals surface area contributed by atoms with E-state index >= 15 is 0 Å². The molecule has 3 rings (SSSR count). The van der Waals surface area contributed by atoms with Crippen LogP contribution in [0.1, 0.15) is 30.2 Å². The molecule has 1 atom stereocenters. The number of hydrogen-bond acceptors (Lipinski definition) is 2. The van der Waals surface area contributed by atoms with Crippen LogP contribution in [0.15, 0.2) is 12.1 Å². The van der Waals surface area contributed by atoms with Crippen LogP contribution in [0.2, 0.25) is 10.0 Å². The average molecular weight is 555 g/mol. The van der Waals surface area contributed by atoms with E-state index in [0.717, 1.165) is 12.1 Å². The average Bonchev–Trinajstić information content (AvgIpc) is 2.84. The van der Waals surface area contributed by atoms with E-state index in [-0.39, 0.29) is 21.3 Å². The lowest BCUT2D eigenvalue weighted by Gasteiger charge is -2.13. The third kappa shape index (κ3) is 3.08. The first-order valence-corrected chi connectivity index (χ1v) is 9.56. The zero-order valence-electron chi connectivity index (χ0n) is 12.7. The Morgan fingerprint density at radius 2 is 1.77 bits per heavy atom. The number of benzene rings is 1. The largest absolute Gasteiger partial charge is 0.416 e. The third-order valence-electron chi connectivity index (χ3n) is 4.28. The molecule has 138 valence electrons. The number of halogens is 8. The van der Waals surface area contributed by atoms with Gasteiger partial charge in [0.25, 0.3) is 0 Å². The predicted molar refractivity (Wildman–Crippen MR) is 102 cm³/mol. The molecule has 1 aromatic carbocycles. The van der Waals surface area contributed by atoms with Crippen LogP contribution in [0.3, 0.4) is 0 Å². The summed E-state index contributed by atoms with van der Waals surface area (Å²) >= 11 is 26.3. The minimum atomic E-state index is -4.59. The van der Waals surface area contributed by atoms with Crippen molar-refractivity contribution in [2.45, 2.75) is 29.3 Å². The Morgan fingerprint density at radius 3 is 2.15 bits per heavy atom. The van der Waals surface area contributed by atoms with Gasteiger partial charge in [-0.1, -0.05) is 30.1 Å². The van der Waals surface area contributed by atoms with Gasteiger partial charge in [0.15, 0.2) is 0 Å². The number of alkyl halides is 5. The Hall–Kier alpha value is -0.400. The van der Waals surface area contributed by atoms with Crippen LogP contribution >= 0.6 is 69.0 Å². The van der Waals surface area contributed by atoms with Gasteiger partial charge in [0.05, 0.1) is 21.3 Å². The standard InChI is InChI=1S/C15H7Cl4F3IN3/c1-13(5-14(13,18)19)11-7(4-24)12(23)26(25-11)10-8(16)2-6(3-9(10)17)15(20,21)22/h2-3H,5H2,1H3. The van der Waals surface area contributed by atoms with Crippen LogP contribution in [0.25, 0.3) is 5.69 Å². The van der Waals surface area contributed by atoms with Gasteiger partial charge < -0.3 is 0 Å². The Morgan fingerprint density at radius 1 is 1.27 bits per heavy atom. The second-order valence-electron chi connectivity index (χ2n) is 6.04. The lowest BCUT2D eigenvalue weighted by molar-refractivity contribution is -0.137. The first-order chi connectivity index (χ1) is 11.8. The molecular weight excluding hydrogens is 548 g/mol. The van der Waals surface area contributed by atoms with Gasteiger partial charge in [-0.2, -0.15) is 23.5 Å². The van der Waals surface area contributed by atoms with Crippen LogP contribution in [0.4, 0.5) is 13.2 Å². The van der Waals surface area contributed by atoms with Gasteiger partial charge in [-0.3, -0.25) is 0 Å². The highest BCUT2D eigenvalue weighted by molar-refractivity contribution is 14.1. The smallest absolute Gasteiger partial charge is 0.223 e. The summed E-state index contributed by atoms with van der Waals surface area (Å²) in [6.07, 6.45) is -4.20. The van der Waals surface area contributed by atoms with Crippen molar-refractivity contribution in [2.24, 2.45) is 0 Å². The van der Waals surface area contributed by atoms with E-state index in [1.807, 2.05) is 28.7 Å². The van der Waals surface area contributed by atoms with Crippen LogP contribution in [0, 0.1) is 15.0 Å². The molecule has 0 radical (unpaired) electrons. The number of aromatic nitrogens is 2. The van der Waals surface area contributed by atoms with Crippen molar-refractivity contribution >= 4 is 69.0 Å². The fourth-order valence-corrected chi connectivity index (χ4v) is 4.71. The first-order valence-electron chi connectivity index (χ1n) is 6.97. The normalized spacial score (nSPS) is 21.5. The molecule has 0 aliphatic heterocycles. The van der Waals surface area contributed by atoms with Crippen LogP contribution in [0.5, 0.6) is 0 Å². The van der Waals surface area contributed by atoms with Crippen molar-refractivity contribution in [2.75, 3.05) is 0 Å². The molecule has 3 nitrogen and oxygen atoms in total. The van der Waals surface area contributed by atoms with Crippen molar-refractivity contribution < 1.29 is 13.2 Å². The summed E-state index contributed by atoms with van der Waals surface area (Å²) in [6, 6.07) is 3.56. The molecule has 26 heavy (non-hydrogen) atoms. The van der Waals surface area contributed by atoms with E-state index in [0.29, 0.717) is 15.8 Å². The van der Waals surface area contributed by atoms with Crippen molar-refractivity contribution in [3.8, 4) is 11.8 Å². The van der Waals surface area contributed by atoms with E-state index < -0.39 is 21.5 Å². The number of hydrogen-bond donors (Lipinski definition) is 0. The van der Waals surface area contributed by atoms with Gasteiger partial charge >= 0.3 is 6.18 Å². The maximum Gasteiger partial charge on any atom is 0.416 e. The van der Waals surface area contributed by atoms with E-state index in [1.54, 1.807) is 6.92 Å². The van der Waals surface area contributed by atoms with Crippen LogP contribution in [-0.4, -0.2) is 14.1 Å². The molecule has 0 bridgehead atoms. The van der Waals surface area contributed by atoms with Gasteiger partial charge in [0.2, 0.25) is 0 Å². The van der Waals surface area contributed by atoms with Crippen LogP contribution in [-0.2, 0) is 11.6 Å². The maximum absolute atomic E-state index is 12.9. The summed E-state index contributed by atoms with van der Waals surface area (Å²) in [5.74, 6) is 0. The Balaban J connectivity index is 2.21. The predicted octanol–water partition coefficient (Wildman–Crippen LogP) is 6.51. The summed E-state index contributed by atoms with van der Waals surface area (Å²) in [7, 11) is 0. The molecule has 0 N–H and O–H groups in total. The van der Waals surface area contributed by atoms with Gasteiger partial charge in [-0.15, -0.1) is 23.2 Å². The van der Waals surface area contributed by atoms with E-state index in [2.05, 4.69) is 5.10 Å². The van der Waals surface area contributed by atoms with Crippen molar-refractivity contribution in [1.29, 1.82) is 5.26 Å². The van der Waals surface area contributed by atoms with Gasteiger partial charge in [0.1, 0.15) is 25.4 Å².